The fraction of sp³-hybridized carbons (Fsp3) is 0.340. The molecule has 0 radical (unpaired) electrons. The lowest BCUT2D eigenvalue weighted by Crippen LogP contribution is -2.37. The lowest BCUT2D eigenvalue weighted by Gasteiger charge is -2.45. The van der Waals surface area contributed by atoms with Crippen LogP contribution >= 0.6 is 0 Å². The van der Waals surface area contributed by atoms with Crippen LogP contribution in [0.1, 0.15) is 116 Å². The maximum atomic E-state index is 5.43. The van der Waals surface area contributed by atoms with Crippen LogP contribution in [0.2, 0.25) is 0 Å². The zero-order valence-electron chi connectivity index (χ0n) is 30.5. The van der Waals surface area contributed by atoms with Gasteiger partial charge >= 0.3 is 0 Å². The summed E-state index contributed by atoms with van der Waals surface area (Å²) in [5, 5.41) is 3.82. The molecule has 0 aromatic heterocycles. The van der Waals surface area contributed by atoms with Gasteiger partial charge < -0.3 is 5.32 Å². The van der Waals surface area contributed by atoms with E-state index in [9.17, 15) is 0 Å². The standard InChI is InChI=1S/C50H48N2/c1-49(2)43-26-33(20-21-36(43)40-29-45-41(28-44(40)49)35-18-10-11-19-42(35)50(45)24-12-5-13-25-50)46-30-47(52-48(51-46)32-16-8-4-9-17-32)37-23-22-34(38-27-39(37)38)31-14-6-3-7-15-31/h3-4,6-11,14-23,26,28,30,38-41,45-46H,5,12-13,24-25,27,29H2,1-2H3,(H,51,52). The fourth-order valence-corrected chi connectivity index (χ4v) is 11.9. The van der Waals surface area contributed by atoms with Gasteiger partial charge in [-0.1, -0.05) is 160 Å². The van der Waals surface area contributed by atoms with Crippen LogP contribution in [-0.2, 0) is 10.8 Å². The molecule has 2 heteroatoms. The molecule has 1 spiro atoms. The summed E-state index contributed by atoms with van der Waals surface area (Å²) < 4.78 is 0. The summed E-state index contributed by atoms with van der Waals surface area (Å²) in [5.74, 6) is 3.90. The number of nitrogens with one attached hydrogen (secondary N) is 1. The molecule has 258 valence electrons. The van der Waals surface area contributed by atoms with Crippen LogP contribution in [0.4, 0.5) is 0 Å². The summed E-state index contributed by atoms with van der Waals surface area (Å²) in [7, 11) is 0. The quantitative estimate of drug-likeness (QED) is 0.214. The fourth-order valence-electron chi connectivity index (χ4n) is 11.9. The predicted molar refractivity (Wildman–Crippen MR) is 213 cm³/mol. The first-order valence-electron chi connectivity index (χ1n) is 20.1. The van der Waals surface area contributed by atoms with E-state index >= 15 is 0 Å². The second-order valence-electron chi connectivity index (χ2n) is 17.4. The van der Waals surface area contributed by atoms with Crippen molar-refractivity contribution in [3.05, 3.63) is 183 Å². The average molecular weight is 677 g/mol. The van der Waals surface area contributed by atoms with Gasteiger partial charge in [-0.3, -0.25) is 4.99 Å². The summed E-state index contributed by atoms with van der Waals surface area (Å²) in [4.78, 5) is 5.43. The molecule has 52 heavy (non-hydrogen) atoms. The van der Waals surface area contributed by atoms with E-state index in [1.807, 2.05) is 0 Å². The lowest BCUT2D eigenvalue weighted by atomic mass is 9.59. The zero-order chi connectivity index (χ0) is 34.6. The van der Waals surface area contributed by atoms with Crippen LogP contribution in [0.5, 0.6) is 0 Å². The highest BCUT2D eigenvalue weighted by Crippen LogP contribution is 2.66. The molecule has 2 nitrogen and oxygen atoms in total. The molecule has 4 aromatic carbocycles. The Morgan fingerprint density at radius 3 is 2.17 bits per heavy atom. The van der Waals surface area contributed by atoms with Crippen LogP contribution in [0.25, 0.3) is 5.57 Å². The van der Waals surface area contributed by atoms with E-state index in [0.29, 0.717) is 35.0 Å². The average Bonchev–Trinajstić information content (AvgIpc) is 3.93. The van der Waals surface area contributed by atoms with E-state index in [-0.39, 0.29) is 11.5 Å². The number of allylic oxidation sites excluding steroid dienone is 6. The van der Waals surface area contributed by atoms with Gasteiger partial charge in [-0.05, 0) is 99.5 Å². The van der Waals surface area contributed by atoms with Crippen molar-refractivity contribution in [3.63, 3.8) is 0 Å². The van der Waals surface area contributed by atoms with E-state index in [0.717, 1.165) is 11.4 Å². The monoisotopic (exact) mass is 676 g/mol. The highest BCUT2D eigenvalue weighted by atomic mass is 15.0. The SMILES string of the molecule is CC1(C)C2=CC3c4ccccc4C4(CCCCC4)C3CC2c2ccc(C3C=C(C4=CC=C(c5ccccc5)C5CC45)NC(c4ccccc4)=N3)cc21. The molecule has 6 aliphatic carbocycles. The molecule has 0 saturated heterocycles. The predicted octanol–water partition coefficient (Wildman–Crippen LogP) is 11.6. The Morgan fingerprint density at radius 2 is 1.37 bits per heavy atom. The van der Waals surface area contributed by atoms with E-state index in [2.05, 4.69) is 147 Å². The maximum absolute atomic E-state index is 5.43. The van der Waals surface area contributed by atoms with Gasteiger partial charge in [0.1, 0.15) is 5.84 Å². The minimum absolute atomic E-state index is 0.00452. The molecule has 0 amide bonds. The molecule has 1 heterocycles. The summed E-state index contributed by atoms with van der Waals surface area (Å²) in [6.45, 7) is 5.00. The Hall–Kier alpha value is -4.69. The van der Waals surface area contributed by atoms with E-state index in [4.69, 9.17) is 4.99 Å². The Balaban J connectivity index is 0.979. The second-order valence-corrected chi connectivity index (χ2v) is 17.4. The number of hydrogen-bond acceptors (Lipinski definition) is 2. The molecule has 2 saturated carbocycles. The minimum atomic E-state index is -0.0430. The number of amidine groups is 1. The van der Waals surface area contributed by atoms with Gasteiger partial charge in [0.2, 0.25) is 0 Å². The molecule has 11 rings (SSSR count). The minimum Gasteiger partial charge on any atom is -0.340 e. The highest BCUT2D eigenvalue weighted by Gasteiger charge is 2.56. The summed E-state index contributed by atoms with van der Waals surface area (Å²) in [6, 6.07) is 38.6. The van der Waals surface area contributed by atoms with Gasteiger partial charge in [0.25, 0.3) is 0 Å². The molecule has 0 bridgehead atoms. The second kappa shape index (κ2) is 11.4. The van der Waals surface area contributed by atoms with E-state index < -0.39 is 0 Å². The number of benzene rings is 4. The first-order chi connectivity index (χ1) is 25.5. The van der Waals surface area contributed by atoms with Crippen molar-refractivity contribution in [2.45, 2.75) is 87.5 Å². The van der Waals surface area contributed by atoms with Crippen molar-refractivity contribution < 1.29 is 0 Å². The lowest BCUT2D eigenvalue weighted by molar-refractivity contribution is 0.177. The third-order valence-electron chi connectivity index (χ3n) is 14.5. The highest BCUT2D eigenvalue weighted by molar-refractivity contribution is 6.01. The smallest absolute Gasteiger partial charge is 0.133 e. The van der Waals surface area contributed by atoms with Crippen LogP contribution in [0.3, 0.4) is 0 Å². The third-order valence-corrected chi connectivity index (χ3v) is 14.5. The van der Waals surface area contributed by atoms with Gasteiger partial charge in [-0.2, -0.15) is 0 Å². The molecule has 6 unspecified atom stereocenters. The number of rotatable bonds is 4. The molecular weight excluding hydrogens is 629 g/mol. The van der Waals surface area contributed by atoms with E-state index in [1.165, 1.54) is 78.5 Å². The number of fused-ring (bicyclic) bond motifs is 9. The molecule has 2 fully saturated rings. The molecule has 4 aromatic rings. The van der Waals surface area contributed by atoms with Gasteiger partial charge in [0, 0.05) is 28.5 Å². The number of aliphatic imine (C=N–C) groups is 1. The largest absolute Gasteiger partial charge is 0.340 e. The van der Waals surface area contributed by atoms with Crippen LogP contribution in [0.15, 0.2) is 149 Å². The summed E-state index contributed by atoms with van der Waals surface area (Å²) >= 11 is 0. The first kappa shape index (κ1) is 30.9. The van der Waals surface area contributed by atoms with Crippen molar-refractivity contribution in [1.82, 2.24) is 5.32 Å². The first-order valence-corrected chi connectivity index (χ1v) is 20.1. The van der Waals surface area contributed by atoms with Crippen molar-refractivity contribution in [3.8, 4) is 0 Å². The number of hydrogen-bond donors (Lipinski definition) is 1. The van der Waals surface area contributed by atoms with Crippen molar-refractivity contribution in [2.75, 3.05) is 0 Å². The van der Waals surface area contributed by atoms with Crippen LogP contribution in [0, 0.1) is 17.8 Å². The van der Waals surface area contributed by atoms with Gasteiger partial charge in [0.15, 0.2) is 0 Å². The van der Waals surface area contributed by atoms with Gasteiger partial charge in [0.05, 0.1) is 6.04 Å². The van der Waals surface area contributed by atoms with Crippen molar-refractivity contribution >= 4 is 11.4 Å². The van der Waals surface area contributed by atoms with Crippen LogP contribution in [-0.4, -0.2) is 5.84 Å². The van der Waals surface area contributed by atoms with Crippen molar-refractivity contribution in [1.29, 1.82) is 0 Å². The third kappa shape index (κ3) is 4.52. The molecule has 7 aliphatic rings. The Morgan fingerprint density at radius 1 is 0.654 bits per heavy atom. The number of nitrogens with zero attached hydrogens (tertiary/aromatic N) is 1. The maximum Gasteiger partial charge on any atom is 0.133 e. The normalized spacial score (nSPS) is 29.8. The molecular formula is C50H48N2. The Kier molecular flexibility index (Phi) is 6.77. The zero-order valence-corrected chi connectivity index (χ0v) is 30.5. The van der Waals surface area contributed by atoms with E-state index in [1.54, 1.807) is 22.3 Å². The molecule has 6 atom stereocenters. The van der Waals surface area contributed by atoms with Crippen molar-refractivity contribution in [2.24, 2.45) is 22.7 Å². The Bertz CT molecular complexity index is 2260. The van der Waals surface area contributed by atoms with Gasteiger partial charge in [-0.25, -0.2) is 0 Å². The van der Waals surface area contributed by atoms with Gasteiger partial charge in [-0.15, -0.1) is 0 Å². The summed E-state index contributed by atoms with van der Waals surface area (Å²) in [6.07, 6.45) is 19.3. The molecule has 1 N–H and O–H groups in total. The summed E-state index contributed by atoms with van der Waals surface area (Å²) in [5.41, 5.74) is 16.4. The van der Waals surface area contributed by atoms with Crippen LogP contribution < -0.4 is 5.32 Å². The Labute approximate surface area is 309 Å². The topological polar surface area (TPSA) is 24.4 Å². The molecule has 1 aliphatic heterocycles.